The fourth-order valence-electron chi connectivity index (χ4n) is 1.61. The van der Waals surface area contributed by atoms with Crippen molar-refractivity contribution in [2.75, 3.05) is 19.6 Å². The summed E-state index contributed by atoms with van der Waals surface area (Å²) < 4.78 is 47.7. The Morgan fingerprint density at radius 3 is 2.67 bits per heavy atom. The SMILES string of the molecule is CC1(CNS(=O)(=O)C(F)F)CCCNC1. The first-order valence-electron chi connectivity index (χ1n) is 4.83. The Labute approximate surface area is 88.5 Å². The van der Waals surface area contributed by atoms with E-state index in [0.29, 0.717) is 6.54 Å². The minimum absolute atomic E-state index is 0.0622. The average Bonchev–Trinajstić information content (AvgIpc) is 2.16. The van der Waals surface area contributed by atoms with Crippen LogP contribution in [0.25, 0.3) is 0 Å². The Kier molecular flexibility index (Phi) is 4.02. The number of alkyl halides is 2. The molecule has 1 fully saturated rings. The lowest BCUT2D eigenvalue weighted by Crippen LogP contribution is -2.46. The first-order chi connectivity index (χ1) is 6.86. The van der Waals surface area contributed by atoms with Gasteiger partial charge in [-0.3, -0.25) is 0 Å². The van der Waals surface area contributed by atoms with E-state index in [9.17, 15) is 17.2 Å². The minimum atomic E-state index is -4.45. The van der Waals surface area contributed by atoms with Crippen molar-refractivity contribution in [3.05, 3.63) is 0 Å². The maximum Gasteiger partial charge on any atom is 0.350 e. The molecule has 1 heterocycles. The molecule has 0 aliphatic carbocycles. The van der Waals surface area contributed by atoms with Crippen LogP contribution in [0, 0.1) is 5.41 Å². The Balaban J connectivity index is 2.48. The van der Waals surface area contributed by atoms with Gasteiger partial charge in [0, 0.05) is 13.1 Å². The summed E-state index contributed by atoms with van der Waals surface area (Å²) in [5.74, 6) is -3.35. The van der Waals surface area contributed by atoms with Gasteiger partial charge in [0.2, 0.25) is 0 Å². The molecule has 1 saturated heterocycles. The molecule has 0 amide bonds. The summed E-state index contributed by atoms with van der Waals surface area (Å²) >= 11 is 0. The molecule has 4 nitrogen and oxygen atoms in total. The summed E-state index contributed by atoms with van der Waals surface area (Å²) in [5, 5.41) is 3.12. The fourth-order valence-corrected chi connectivity index (χ4v) is 2.28. The summed E-state index contributed by atoms with van der Waals surface area (Å²) in [7, 11) is -4.45. The standard InChI is InChI=1S/C8H16F2N2O2S/c1-8(3-2-4-11-5-8)6-12-15(13,14)7(9)10/h7,11-12H,2-6H2,1H3. The van der Waals surface area contributed by atoms with Crippen LogP contribution < -0.4 is 10.0 Å². The Hall–Kier alpha value is -0.270. The van der Waals surface area contributed by atoms with Gasteiger partial charge < -0.3 is 5.32 Å². The van der Waals surface area contributed by atoms with Crippen molar-refractivity contribution in [1.29, 1.82) is 0 Å². The second-order valence-electron chi connectivity index (χ2n) is 4.22. The lowest BCUT2D eigenvalue weighted by atomic mass is 9.83. The fraction of sp³-hybridized carbons (Fsp3) is 1.00. The molecule has 15 heavy (non-hydrogen) atoms. The van der Waals surface area contributed by atoms with Gasteiger partial charge >= 0.3 is 5.76 Å². The first-order valence-corrected chi connectivity index (χ1v) is 6.38. The van der Waals surface area contributed by atoms with Crippen LogP contribution in [-0.4, -0.2) is 33.8 Å². The quantitative estimate of drug-likeness (QED) is 0.755. The molecule has 1 unspecified atom stereocenters. The number of rotatable bonds is 4. The van der Waals surface area contributed by atoms with Crippen molar-refractivity contribution < 1.29 is 17.2 Å². The van der Waals surface area contributed by atoms with Gasteiger partial charge in [-0.25, -0.2) is 13.1 Å². The topological polar surface area (TPSA) is 58.2 Å². The van der Waals surface area contributed by atoms with Crippen LogP contribution in [-0.2, 0) is 10.0 Å². The molecule has 1 atom stereocenters. The molecule has 90 valence electrons. The molecule has 1 aliphatic rings. The smallest absolute Gasteiger partial charge is 0.316 e. The summed E-state index contributed by atoms with van der Waals surface area (Å²) in [6, 6.07) is 0. The highest BCUT2D eigenvalue weighted by Gasteiger charge is 2.31. The van der Waals surface area contributed by atoms with Crippen LogP contribution in [0.4, 0.5) is 8.78 Å². The molecule has 0 spiro atoms. The Bertz CT molecular complexity index is 300. The van der Waals surface area contributed by atoms with Gasteiger partial charge in [-0.2, -0.15) is 8.78 Å². The number of sulfonamides is 1. The van der Waals surface area contributed by atoms with E-state index in [1.54, 1.807) is 0 Å². The van der Waals surface area contributed by atoms with Crippen molar-refractivity contribution >= 4 is 10.0 Å². The monoisotopic (exact) mass is 242 g/mol. The van der Waals surface area contributed by atoms with Crippen molar-refractivity contribution in [2.24, 2.45) is 5.41 Å². The van der Waals surface area contributed by atoms with Gasteiger partial charge in [-0.05, 0) is 24.8 Å². The van der Waals surface area contributed by atoms with Crippen molar-refractivity contribution in [1.82, 2.24) is 10.0 Å². The van der Waals surface area contributed by atoms with Crippen LogP contribution >= 0.6 is 0 Å². The average molecular weight is 242 g/mol. The normalized spacial score (nSPS) is 28.3. The zero-order valence-corrected chi connectivity index (χ0v) is 9.41. The van der Waals surface area contributed by atoms with Crippen LogP contribution in [0.2, 0.25) is 0 Å². The molecule has 1 aliphatic heterocycles. The zero-order chi connectivity index (χ0) is 11.5. The second kappa shape index (κ2) is 4.71. The molecule has 0 bridgehead atoms. The number of piperidine rings is 1. The largest absolute Gasteiger partial charge is 0.350 e. The van der Waals surface area contributed by atoms with Gasteiger partial charge in [0.25, 0.3) is 10.0 Å². The zero-order valence-electron chi connectivity index (χ0n) is 8.59. The third kappa shape index (κ3) is 3.66. The minimum Gasteiger partial charge on any atom is -0.316 e. The molecule has 0 radical (unpaired) electrons. The van der Waals surface area contributed by atoms with Crippen LogP contribution in [0.1, 0.15) is 19.8 Å². The van der Waals surface area contributed by atoms with E-state index >= 15 is 0 Å². The molecule has 1 rings (SSSR count). The lowest BCUT2D eigenvalue weighted by molar-refractivity contribution is 0.219. The van der Waals surface area contributed by atoms with E-state index in [1.807, 2.05) is 11.6 Å². The van der Waals surface area contributed by atoms with Crippen LogP contribution in [0.5, 0.6) is 0 Å². The van der Waals surface area contributed by atoms with Crippen molar-refractivity contribution in [3.63, 3.8) is 0 Å². The molecule has 0 aromatic heterocycles. The lowest BCUT2D eigenvalue weighted by Gasteiger charge is -2.34. The molecular weight excluding hydrogens is 226 g/mol. The van der Waals surface area contributed by atoms with Crippen molar-refractivity contribution in [2.45, 2.75) is 25.5 Å². The van der Waals surface area contributed by atoms with Crippen molar-refractivity contribution in [3.8, 4) is 0 Å². The first kappa shape index (κ1) is 12.8. The molecule has 2 N–H and O–H groups in total. The molecular formula is C8H16F2N2O2S. The van der Waals surface area contributed by atoms with E-state index in [-0.39, 0.29) is 12.0 Å². The molecule has 0 saturated carbocycles. The predicted molar refractivity (Wildman–Crippen MR) is 53.1 cm³/mol. The summed E-state index contributed by atoms with van der Waals surface area (Å²) in [6.07, 6.45) is 1.78. The maximum absolute atomic E-state index is 12.0. The maximum atomic E-state index is 12.0. The predicted octanol–water partition coefficient (Wildman–Crippen LogP) is 0.518. The molecule has 0 aromatic carbocycles. The van der Waals surface area contributed by atoms with E-state index in [4.69, 9.17) is 0 Å². The van der Waals surface area contributed by atoms with Gasteiger partial charge in [-0.1, -0.05) is 6.92 Å². The van der Waals surface area contributed by atoms with E-state index in [0.717, 1.165) is 19.4 Å². The third-order valence-corrected chi connectivity index (χ3v) is 3.64. The number of halogens is 2. The second-order valence-corrected chi connectivity index (χ2v) is 5.95. The molecule has 0 aromatic rings. The van der Waals surface area contributed by atoms with E-state index < -0.39 is 15.8 Å². The van der Waals surface area contributed by atoms with Crippen LogP contribution in [0.15, 0.2) is 0 Å². The number of hydrogen-bond donors (Lipinski definition) is 2. The van der Waals surface area contributed by atoms with Gasteiger partial charge in [0.15, 0.2) is 0 Å². The highest BCUT2D eigenvalue weighted by atomic mass is 32.2. The summed E-state index contributed by atoms with van der Waals surface area (Å²) in [4.78, 5) is 0. The summed E-state index contributed by atoms with van der Waals surface area (Å²) in [6.45, 7) is 3.50. The molecule has 7 heteroatoms. The van der Waals surface area contributed by atoms with Gasteiger partial charge in [0.1, 0.15) is 0 Å². The van der Waals surface area contributed by atoms with Crippen LogP contribution in [0.3, 0.4) is 0 Å². The number of nitrogens with one attached hydrogen (secondary N) is 2. The van der Waals surface area contributed by atoms with E-state index in [1.165, 1.54) is 0 Å². The Morgan fingerprint density at radius 1 is 1.53 bits per heavy atom. The highest BCUT2D eigenvalue weighted by molar-refractivity contribution is 7.89. The number of hydrogen-bond acceptors (Lipinski definition) is 3. The van der Waals surface area contributed by atoms with E-state index in [2.05, 4.69) is 5.32 Å². The third-order valence-electron chi connectivity index (χ3n) is 2.62. The highest BCUT2D eigenvalue weighted by Crippen LogP contribution is 2.24. The Morgan fingerprint density at radius 2 is 2.20 bits per heavy atom. The summed E-state index contributed by atoms with van der Waals surface area (Å²) in [5.41, 5.74) is -0.264. The van der Waals surface area contributed by atoms with Gasteiger partial charge in [0.05, 0.1) is 0 Å². The van der Waals surface area contributed by atoms with Gasteiger partial charge in [-0.15, -0.1) is 0 Å².